The number of ether oxygens (including phenoxy) is 1. The molecule has 0 bridgehead atoms. The molecule has 104 valence electrons. The van der Waals surface area contributed by atoms with Gasteiger partial charge in [-0.3, -0.25) is 0 Å². The normalized spacial score (nSPS) is 16.9. The Morgan fingerprint density at radius 3 is 2.65 bits per heavy atom. The Kier molecular flexibility index (Phi) is 3.22. The maximum atomic E-state index is 14.1. The number of hydrogen-bond acceptors (Lipinski definition) is 2. The Morgan fingerprint density at radius 1 is 1.10 bits per heavy atom. The monoisotopic (exact) mass is 271 g/mol. The highest BCUT2D eigenvalue weighted by Crippen LogP contribution is 2.38. The summed E-state index contributed by atoms with van der Waals surface area (Å²) in [5, 5.41) is 0. The Hall–Kier alpha value is -1.87. The molecule has 0 saturated carbocycles. The molecular formula is C17H18FNO. The molecule has 2 aromatic rings. The van der Waals surface area contributed by atoms with Crippen LogP contribution >= 0.6 is 0 Å². The van der Waals surface area contributed by atoms with E-state index in [9.17, 15) is 4.39 Å². The zero-order valence-electron chi connectivity index (χ0n) is 11.5. The van der Waals surface area contributed by atoms with Crippen molar-refractivity contribution in [1.29, 1.82) is 0 Å². The molecule has 0 radical (unpaired) electrons. The fraction of sp³-hybridized carbons (Fsp3) is 0.294. The van der Waals surface area contributed by atoms with Crippen LogP contribution < -0.4 is 10.5 Å². The molecule has 1 aliphatic heterocycles. The molecule has 0 spiro atoms. The number of benzene rings is 2. The van der Waals surface area contributed by atoms with Gasteiger partial charge in [0.2, 0.25) is 0 Å². The Labute approximate surface area is 118 Å². The molecule has 3 heteroatoms. The van der Waals surface area contributed by atoms with Crippen molar-refractivity contribution in [2.45, 2.75) is 25.3 Å². The molecule has 0 fully saturated rings. The highest BCUT2D eigenvalue weighted by atomic mass is 19.1. The van der Waals surface area contributed by atoms with E-state index < -0.39 is 5.54 Å². The molecule has 3 rings (SSSR count). The lowest BCUT2D eigenvalue weighted by molar-refractivity contribution is 0.280. The van der Waals surface area contributed by atoms with Gasteiger partial charge >= 0.3 is 0 Å². The molecule has 0 saturated heterocycles. The number of fused-ring (bicyclic) bond motifs is 1. The van der Waals surface area contributed by atoms with Crippen LogP contribution in [0.5, 0.6) is 5.75 Å². The Balaban J connectivity index is 2.15. The van der Waals surface area contributed by atoms with Crippen molar-refractivity contribution in [3.05, 3.63) is 65.0 Å². The van der Waals surface area contributed by atoms with Crippen molar-refractivity contribution in [2.75, 3.05) is 6.61 Å². The van der Waals surface area contributed by atoms with Crippen molar-refractivity contribution in [1.82, 2.24) is 0 Å². The molecule has 1 unspecified atom stereocenters. The summed E-state index contributed by atoms with van der Waals surface area (Å²) in [6.07, 6.45) is 1.99. The molecule has 0 amide bonds. The quantitative estimate of drug-likeness (QED) is 0.909. The van der Waals surface area contributed by atoms with Crippen molar-refractivity contribution in [3.63, 3.8) is 0 Å². The van der Waals surface area contributed by atoms with E-state index in [-0.39, 0.29) is 5.82 Å². The van der Waals surface area contributed by atoms with Crippen molar-refractivity contribution in [3.8, 4) is 5.75 Å². The molecule has 1 atom stereocenters. The van der Waals surface area contributed by atoms with Gasteiger partial charge < -0.3 is 10.5 Å². The van der Waals surface area contributed by atoms with Crippen LogP contribution in [-0.2, 0) is 12.0 Å². The standard InChI is InChI=1S/C17H18FNO/c1-17(19,13-8-2-3-10-15(13)18)14-9-4-6-12-7-5-11-20-16(12)14/h2-4,6,8-10H,5,7,11,19H2,1H3. The highest BCUT2D eigenvalue weighted by Gasteiger charge is 2.31. The summed E-state index contributed by atoms with van der Waals surface area (Å²) in [5.41, 5.74) is 8.05. The van der Waals surface area contributed by atoms with Crippen molar-refractivity contribution in [2.24, 2.45) is 5.73 Å². The largest absolute Gasteiger partial charge is 0.493 e. The molecule has 1 heterocycles. The zero-order chi connectivity index (χ0) is 14.2. The Morgan fingerprint density at radius 2 is 1.85 bits per heavy atom. The lowest BCUT2D eigenvalue weighted by atomic mass is 9.83. The van der Waals surface area contributed by atoms with Crippen LogP contribution in [0.4, 0.5) is 4.39 Å². The molecular weight excluding hydrogens is 253 g/mol. The Bertz CT molecular complexity index is 637. The number of aryl methyl sites for hydroxylation is 1. The molecule has 2 aromatic carbocycles. The second-order valence-electron chi connectivity index (χ2n) is 5.43. The van der Waals surface area contributed by atoms with Gasteiger partial charge in [0.1, 0.15) is 11.6 Å². The SMILES string of the molecule is CC(N)(c1ccccc1F)c1cccc2c1OCCC2. The van der Waals surface area contributed by atoms with Gasteiger partial charge in [-0.15, -0.1) is 0 Å². The number of rotatable bonds is 2. The summed E-state index contributed by atoms with van der Waals surface area (Å²) < 4.78 is 19.9. The summed E-state index contributed by atoms with van der Waals surface area (Å²) in [7, 11) is 0. The number of para-hydroxylation sites is 1. The summed E-state index contributed by atoms with van der Waals surface area (Å²) in [6.45, 7) is 2.52. The predicted octanol–water partition coefficient (Wildman–Crippen LogP) is 3.37. The van der Waals surface area contributed by atoms with E-state index in [4.69, 9.17) is 10.5 Å². The lowest BCUT2D eigenvalue weighted by Gasteiger charge is -2.31. The van der Waals surface area contributed by atoms with Gasteiger partial charge in [0.15, 0.2) is 0 Å². The highest BCUT2D eigenvalue weighted by molar-refractivity contribution is 5.50. The number of hydrogen-bond donors (Lipinski definition) is 1. The molecule has 2 nitrogen and oxygen atoms in total. The molecule has 0 aromatic heterocycles. The van der Waals surface area contributed by atoms with Gasteiger partial charge in [0, 0.05) is 11.1 Å². The van der Waals surface area contributed by atoms with Gasteiger partial charge in [-0.1, -0.05) is 36.4 Å². The minimum atomic E-state index is -0.909. The molecule has 1 aliphatic rings. The lowest BCUT2D eigenvalue weighted by Crippen LogP contribution is -2.36. The van der Waals surface area contributed by atoms with E-state index in [2.05, 4.69) is 6.07 Å². The molecule has 2 N–H and O–H groups in total. The topological polar surface area (TPSA) is 35.2 Å². The van der Waals surface area contributed by atoms with E-state index >= 15 is 0 Å². The minimum Gasteiger partial charge on any atom is -0.493 e. The maximum absolute atomic E-state index is 14.1. The smallest absolute Gasteiger partial charge is 0.128 e. The fourth-order valence-electron chi connectivity index (χ4n) is 2.83. The third-order valence-corrected chi connectivity index (χ3v) is 3.93. The first-order valence-electron chi connectivity index (χ1n) is 6.90. The minimum absolute atomic E-state index is 0.286. The third kappa shape index (κ3) is 2.08. The van der Waals surface area contributed by atoms with Gasteiger partial charge in [-0.2, -0.15) is 0 Å². The molecule has 20 heavy (non-hydrogen) atoms. The average Bonchev–Trinajstić information content (AvgIpc) is 2.47. The first-order chi connectivity index (χ1) is 9.60. The zero-order valence-corrected chi connectivity index (χ0v) is 11.5. The van der Waals surface area contributed by atoms with E-state index in [1.54, 1.807) is 18.2 Å². The van der Waals surface area contributed by atoms with Gasteiger partial charge in [0.25, 0.3) is 0 Å². The van der Waals surface area contributed by atoms with Crippen LogP contribution in [-0.4, -0.2) is 6.61 Å². The van der Waals surface area contributed by atoms with E-state index in [0.29, 0.717) is 12.2 Å². The molecule has 0 aliphatic carbocycles. The van der Waals surface area contributed by atoms with E-state index in [1.165, 1.54) is 6.07 Å². The second-order valence-corrected chi connectivity index (χ2v) is 5.43. The van der Waals surface area contributed by atoms with Crippen molar-refractivity contribution < 1.29 is 9.13 Å². The summed E-state index contributed by atoms with van der Waals surface area (Å²) in [5.74, 6) is 0.540. The van der Waals surface area contributed by atoms with E-state index in [1.807, 2.05) is 19.1 Å². The summed E-state index contributed by atoms with van der Waals surface area (Å²) in [6, 6.07) is 12.6. The fourth-order valence-corrected chi connectivity index (χ4v) is 2.83. The van der Waals surface area contributed by atoms with Crippen LogP contribution in [0.1, 0.15) is 30.0 Å². The van der Waals surface area contributed by atoms with Crippen LogP contribution in [0.2, 0.25) is 0 Å². The third-order valence-electron chi connectivity index (χ3n) is 3.93. The average molecular weight is 271 g/mol. The summed E-state index contributed by atoms with van der Waals surface area (Å²) >= 11 is 0. The first kappa shape index (κ1) is 13.1. The van der Waals surface area contributed by atoms with E-state index in [0.717, 1.165) is 29.7 Å². The van der Waals surface area contributed by atoms with Crippen LogP contribution in [0.15, 0.2) is 42.5 Å². The second kappa shape index (κ2) is 4.91. The van der Waals surface area contributed by atoms with Gasteiger partial charge in [-0.05, 0) is 31.4 Å². The maximum Gasteiger partial charge on any atom is 0.128 e. The number of nitrogens with two attached hydrogens (primary N) is 1. The van der Waals surface area contributed by atoms with Gasteiger partial charge in [-0.25, -0.2) is 4.39 Å². The van der Waals surface area contributed by atoms with Crippen LogP contribution in [0.25, 0.3) is 0 Å². The first-order valence-corrected chi connectivity index (χ1v) is 6.90. The number of halogens is 1. The van der Waals surface area contributed by atoms with Gasteiger partial charge in [0.05, 0.1) is 12.1 Å². The predicted molar refractivity (Wildman–Crippen MR) is 77.3 cm³/mol. The van der Waals surface area contributed by atoms with Crippen LogP contribution in [0.3, 0.4) is 0 Å². The van der Waals surface area contributed by atoms with Crippen LogP contribution in [0, 0.1) is 5.82 Å². The summed E-state index contributed by atoms with van der Waals surface area (Å²) in [4.78, 5) is 0. The van der Waals surface area contributed by atoms with Crippen molar-refractivity contribution >= 4 is 0 Å².